The van der Waals surface area contributed by atoms with Gasteiger partial charge in [0.05, 0.1) is 39.3 Å². The van der Waals surface area contributed by atoms with E-state index in [1.54, 1.807) is 0 Å². The van der Waals surface area contributed by atoms with E-state index in [1.807, 2.05) is 74.5 Å². The summed E-state index contributed by atoms with van der Waals surface area (Å²) in [6.45, 7) is 3.97. The molecular formula is C26H20Cl4Hg2N2. The summed E-state index contributed by atoms with van der Waals surface area (Å²) >= 11 is 13.0. The monoisotopic (exact) mass is 904 g/mol. The molecule has 0 saturated carbocycles. The molecule has 8 heteroatoms. The fourth-order valence-corrected chi connectivity index (χ4v) is 3.80. The first kappa shape index (κ1) is 33.7. The van der Waals surface area contributed by atoms with E-state index in [1.165, 1.54) is 0 Å². The number of benzene rings is 2. The number of halogens is 4. The van der Waals surface area contributed by atoms with Crippen LogP contribution in [0.4, 0.5) is 11.4 Å². The van der Waals surface area contributed by atoms with Gasteiger partial charge in [-0.15, -0.1) is 0 Å². The maximum absolute atomic E-state index is 6.52. The minimum Gasteiger partial charge on any atom is -1.00 e. The predicted octanol–water partition coefficient (Wildman–Crippen LogP) is 1.94. The number of hydrogen-bond acceptors (Lipinski definition) is 2. The third-order valence-corrected chi connectivity index (χ3v) is 5.68. The van der Waals surface area contributed by atoms with Crippen LogP contribution in [0.15, 0.2) is 82.8 Å². The first-order valence-corrected chi connectivity index (χ1v) is 10.5. The van der Waals surface area contributed by atoms with Gasteiger partial charge in [-0.2, -0.15) is 6.08 Å². The molecule has 2 aromatic carbocycles. The summed E-state index contributed by atoms with van der Waals surface area (Å²) in [5, 5.41) is 1.20. The minimum atomic E-state index is 0. The molecule has 0 N–H and O–H groups in total. The van der Waals surface area contributed by atoms with E-state index in [0.29, 0.717) is 10.0 Å². The largest absolute Gasteiger partial charge is 1.00 e. The normalized spacial score (nSPS) is 17.9. The van der Waals surface area contributed by atoms with Crippen molar-refractivity contribution in [3.8, 4) is 11.1 Å². The van der Waals surface area contributed by atoms with Gasteiger partial charge in [0, 0.05) is 11.8 Å². The van der Waals surface area contributed by atoms with Crippen molar-refractivity contribution in [1.82, 2.24) is 0 Å². The molecule has 0 saturated heterocycles. The van der Waals surface area contributed by atoms with Crippen LogP contribution in [-0.2, 0) is 55.3 Å². The van der Waals surface area contributed by atoms with Crippen molar-refractivity contribution in [1.29, 1.82) is 0 Å². The van der Waals surface area contributed by atoms with Gasteiger partial charge in [-0.1, -0.05) is 41.3 Å². The fourth-order valence-electron chi connectivity index (χ4n) is 3.36. The van der Waals surface area contributed by atoms with E-state index < -0.39 is 0 Å². The smallest absolute Gasteiger partial charge is 1.00 e. The van der Waals surface area contributed by atoms with Crippen molar-refractivity contribution >= 4 is 46.0 Å². The van der Waals surface area contributed by atoms with Crippen LogP contribution in [0.3, 0.4) is 0 Å². The molecule has 0 fully saturated rings. The van der Waals surface area contributed by atoms with Crippen LogP contribution in [0, 0.1) is 24.0 Å². The topological polar surface area (TPSA) is 24.7 Å². The van der Waals surface area contributed by atoms with Gasteiger partial charge >= 0.3 is 55.3 Å². The fraction of sp³-hybridized carbons (Fsp3) is 0.154. The van der Waals surface area contributed by atoms with Gasteiger partial charge in [0.2, 0.25) is 0 Å². The Kier molecular flexibility index (Phi) is 15.6. The Morgan fingerprint density at radius 2 is 1.38 bits per heavy atom. The standard InChI is InChI=1S/C26H20Cl2N2.2ClH.2Hg/c1-17(19-7-3-4-8-19)29-25-13-11-21(15-23(25)27)22-12-14-26(24(28)16-22)30-18(2)20-9-5-6-10-20;;;;/h3-7,9,11-16,19-20H,1-2H3;2*1H;;/q;;;2*+1/p-2. The van der Waals surface area contributed by atoms with E-state index in [-0.39, 0.29) is 92.0 Å². The predicted molar refractivity (Wildman–Crippen MR) is 128 cm³/mol. The van der Waals surface area contributed by atoms with E-state index in [9.17, 15) is 0 Å². The molecule has 0 amide bonds. The summed E-state index contributed by atoms with van der Waals surface area (Å²) in [5.74, 6) is 0.229. The molecule has 0 bridgehead atoms. The third-order valence-electron chi connectivity index (χ3n) is 5.07. The van der Waals surface area contributed by atoms with E-state index in [4.69, 9.17) is 23.2 Å². The minimum absolute atomic E-state index is 0. The van der Waals surface area contributed by atoms with Crippen LogP contribution in [0.5, 0.6) is 0 Å². The van der Waals surface area contributed by atoms with Crippen molar-refractivity contribution in [3.05, 3.63) is 95.1 Å². The molecule has 2 aliphatic rings. The molecule has 2 atom stereocenters. The van der Waals surface area contributed by atoms with E-state index >= 15 is 0 Å². The summed E-state index contributed by atoms with van der Waals surface area (Å²) in [5.41, 5.74) is 5.37. The van der Waals surface area contributed by atoms with Gasteiger partial charge in [0.15, 0.2) is 12.0 Å². The molecule has 0 spiro atoms. The Bertz CT molecular complexity index is 1050. The van der Waals surface area contributed by atoms with Crippen molar-refractivity contribution < 1.29 is 80.2 Å². The molecule has 2 aliphatic carbocycles. The molecule has 0 aromatic heterocycles. The molecule has 34 heavy (non-hydrogen) atoms. The Labute approximate surface area is 265 Å². The zero-order valence-electron chi connectivity index (χ0n) is 18.9. The summed E-state index contributed by atoms with van der Waals surface area (Å²) in [6, 6.07) is 11.7. The molecule has 2 aromatic rings. The number of nitrogens with zero attached hydrogens (tertiary/aromatic N) is 2. The van der Waals surface area contributed by atoms with E-state index in [2.05, 4.69) is 34.3 Å². The Hall–Kier alpha value is -0.320. The average molecular weight is 903 g/mol. The van der Waals surface area contributed by atoms with Crippen LogP contribution in [0.25, 0.3) is 11.1 Å². The molecular weight excluding hydrogens is 883 g/mol. The average Bonchev–Trinajstić information content (AvgIpc) is 3.45. The van der Waals surface area contributed by atoms with E-state index in [0.717, 1.165) is 33.9 Å². The van der Waals surface area contributed by atoms with Crippen LogP contribution in [0.1, 0.15) is 13.8 Å². The Morgan fingerprint density at radius 3 is 1.82 bits per heavy atom. The van der Waals surface area contributed by atoms with Crippen LogP contribution in [-0.4, -0.2) is 11.4 Å². The second-order valence-electron chi connectivity index (χ2n) is 7.23. The van der Waals surface area contributed by atoms with Gasteiger partial charge in [-0.05, 0) is 49.2 Å². The first-order valence-electron chi connectivity index (χ1n) is 9.73. The van der Waals surface area contributed by atoms with Crippen molar-refractivity contribution in [2.75, 3.05) is 0 Å². The van der Waals surface area contributed by atoms with Crippen LogP contribution < -0.4 is 24.8 Å². The maximum Gasteiger partial charge on any atom is 1.00 e. The SMILES string of the molecule is CC(=Nc1ccc(-c2ccc(N=C(C)C3[C-]=CC=C3)c(Cl)c2)cc1Cl)C1[C+]=CC=C1.[Cl-].[Cl-].[Hg+].[Hg+]. The molecule has 2 radical (unpaired) electrons. The van der Waals surface area contributed by atoms with Crippen molar-refractivity contribution in [2.45, 2.75) is 13.8 Å². The first-order chi connectivity index (χ1) is 14.5. The second kappa shape index (κ2) is 15.7. The van der Waals surface area contributed by atoms with Gasteiger partial charge in [-0.25, -0.2) is 12.2 Å². The molecule has 0 aliphatic heterocycles. The number of rotatable bonds is 5. The molecule has 0 heterocycles. The Balaban J connectivity index is 0.00000272. The zero-order valence-corrected chi connectivity index (χ0v) is 32.9. The van der Waals surface area contributed by atoms with Crippen molar-refractivity contribution in [3.63, 3.8) is 0 Å². The summed E-state index contributed by atoms with van der Waals surface area (Å²) in [6.07, 6.45) is 18.4. The molecule has 166 valence electrons. The number of allylic oxidation sites excluding steroid dienone is 8. The van der Waals surface area contributed by atoms with Gasteiger partial charge < -0.3 is 24.8 Å². The number of aliphatic imine (C=N–C) groups is 2. The molecule has 4 rings (SSSR count). The quantitative estimate of drug-likeness (QED) is 0.250. The summed E-state index contributed by atoms with van der Waals surface area (Å²) < 4.78 is 0. The summed E-state index contributed by atoms with van der Waals surface area (Å²) in [7, 11) is 0. The Morgan fingerprint density at radius 1 is 0.824 bits per heavy atom. The number of hydrogen-bond donors (Lipinski definition) is 0. The summed E-state index contributed by atoms with van der Waals surface area (Å²) in [4.78, 5) is 9.34. The van der Waals surface area contributed by atoms with Crippen LogP contribution >= 0.6 is 23.2 Å². The molecule has 2 unspecified atom stereocenters. The van der Waals surface area contributed by atoms with Gasteiger partial charge in [0.25, 0.3) is 0 Å². The molecule has 2 nitrogen and oxygen atoms in total. The maximum atomic E-state index is 6.52. The second-order valence-corrected chi connectivity index (χ2v) is 8.04. The zero-order chi connectivity index (χ0) is 21.1. The van der Waals surface area contributed by atoms with Crippen molar-refractivity contribution in [2.24, 2.45) is 21.8 Å². The van der Waals surface area contributed by atoms with Crippen LogP contribution in [0.2, 0.25) is 10.0 Å². The van der Waals surface area contributed by atoms with Gasteiger partial charge in [-0.3, -0.25) is 16.1 Å². The van der Waals surface area contributed by atoms with Gasteiger partial charge in [0.1, 0.15) is 0 Å². The third kappa shape index (κ3) is 8.37.